The van der Waals surface area contributed by atoms with E-state index >= 15 is 0 Å². The molecule has 86 valence electrons. The summed E-state index contributed by atoms with van der Waals surface area (Å²) >= 11 is 0. The van der Waals surface area contributed by atoms with Crippen LogP contribution < -0.4 is 0 Å². The van der Waals surface area contributed by atoms with Gasteiger partial charge in [-0.2, -0.15) is 0 Å². The topological polar surface area (TPSA) is 49.2 Å². The zero-order valence-corrected chi connectivity index (χ0v) is 9.64. The van der Waals surface area contributed by atoms with Crippen LogP contribution >= 0.6 is 0 Å². The third-order valence-corrected chi connectivity index (χ3v) is 2.20. The van der Waals surface area contributed by atoms with Crippen LogP contribution in [0.1, 0.15) is 26.0 Å². The number of hydrogen-bond acceptors (Lipinski definition) is 4. The first-order valence-corrected chi connectivity index (χ1v) is 5.25. The Balaban J connectivity index is 2.32. The average Bonchev–Trinajstić information content (AvgIpc) is 2.71. The number of hydrogen-bond donors (Lipinski definition) is 0. The van der Waals surface area contributed by atoms with E-state index in [1.165, 1.54) is 0 Å². The lowest BCUT2D eigenvalue weighted by Crippen LogP contribution is -2.06. The van der Waals surface area contributed by atoms with Crippen LogP contribution in [0.25, 0.3) is 0 Å². The van der Waals surface area contributed by atoms with E-state index in [1.807, 2.05) is 6.20 Å². The van der Waals surface area contributed by atoms with Crippen molar-refractivity contribution in [3.63, 3.8) is 0 Å². The van der Waals surface area contributed by atoms with Crippen LogP contribution in [0.2, 0.25) is 0 Å². The first-order valence-electron chi connectivity index (χ1n) is 5.25. The first-order chi connectivity index (χ1) is 7.26. The Morgan fingerprint density at radius 3 is 3.00 bits per heavy atom. The Morgan fingerprint density at radius 1 is 1.53 bits per heavy atom. The Hall–Kier alpha value is -0.940. The molecule has 0 saturated heterocycles. The molecule has 0 unspecified atom stereocenters. The molecule has 0 spiro atoms. The van der Waals surface area contributed by atoms with Crippen LogP contribution in [0, 0.1) is 0 Å². The molecule has 5 nitrogen and oxygen atoms in total. The Morgan fingerprint density at radius 2 is 2.33 bits per heavy atom. The third kappa shape index (κ3) is 4.40. The fraction of sp³-hybridized carbons (Fsp3) is 0.800. The minimum Gasteiger partial charge on any atom is -0.383 e. The lowest BCUT2D eigenvalue weighted by atomic mass is 10.3. The van der Waals surface area contributed by atoms with Crippen molar-refractivity contribution in [3.8, 4) is 0 Å². The molecule has 15 heavy (non-hydrogen) atoms. The zero-order valence-electron chi connectivity index (χ0n) is 9.64. The van der Waals surface area contributed by atoms with Crippen molar-refractivity contribution in [2.75, 3.05) is 13.7 Å². The molecule has 0 amide bonds. The van der Waals surface area contributed by atoms with Gasteiger partial charge in [0.05, 0.1) is 32.1 Å². The van der Waals surface area contributed by atoms with Crippen molar-refractivity contribution in [2.45, 2.75) is 39.5 Å². The second-order valence-electron chi connectivity index (χ2n) is 3.50. The Labute approximate surface area is 90.4 Å². The monoisotopic (exact) mass is 213 g/mol. The Kier molecular flexibility index (Phi) is 5.28. The summed E-state index contributed by atoms with van der Waals surface area (Å²) in [5, 5.41) is 7.97. The second kappa shape index (κ2) is 6.53. The van der Waals surface area contributed by atoms with E-state index in [9.17, 15) is 0 Å². The highest BCUT2D eigenvalue weighted by atomic mass is 16.5. The predicted molar refractivity (Wildman–Crippen MR) is 56.4 cm³/mol. The van der Waals surface area contributed by atoms with Gasteiger partial charge in [0.1, 0.15) is 5.69 Å². The molecule has 0 aliphatic heterocycles. The molecule has 1 heterocycles. The molecular weight excluding hydrogens is 194 g/mol. The van der Waals surface area contributed by atoms with Crippen molar-refractivity contribution in [2.24, 2.45) is 0 Å². The van der Waals surface area contributed by atoms with Crippen molar-refractivity contribution in [1.29, 1.82) is 0 Å². The molecule has 0 saturated carbocycles. The normalized spacial score (nSPS) is 13.0. The van der Waals surface area contributed by atoms with E-state index in [2.05, 4.69) is 24.2 Å². The summed E-state index contributed by atoms with van der Waals surface area (Å²) in [5.74, 6) is 0. The maximum absolute atomic E-state index is 5.55. The Bertz CT molecular complexity index is 275. The summed E-state index contributed by atoms with van der Waals surface area (Å²) in [6.45, 7) is 6.05. The summed E-state index contributed by atoms with van der Waals surface area (Å²) in [5.41, 5.74) is 0.867. The molecule has 1 aromatic heterocycles. The molecule has 5 heteroatoms. The minimum atomic E-state index is 0.272. The van der Waals surface area contributed by atoms with E-state index in [1.54, 1.807) is 11.8 Å². The largest absolute Gasteiger partial charge is 0.383 e. The van der Waals surface area contributed by atoms with Crippen molar-refractivity contribution in [3.05, 3.63) is 11.9 Å². The SMILES string of the molecule is CC[C@H](C)OCc1cn(CCOC)nn1. The summed E-state index contributed by atoms with van der Waals surface area (Å²) in [6.07, 6.45) is 3.17. The van der Waals surface area contributed by atoms with Crippen molar-refractivity contribution in [1.82, 2.24) is 15.0 Å². The number of nitrogens with zero attached hydrogens (tertiary/aromatic N) is 3. The van der Waals surface area contributed by atoms with Gasteiger partial charge >= 0.3 is 0 Å². The molecule has 0 bridgehead atoms. The van der Waals surface area contributed by atoms with Crippen molar-refractivity contribution >= 4 is 0 Å². The fourth-order valence-corrected chi connectivity index (χ4v) is 1.04. The van der Waals surface area contributed by atoms with Crippen LogP contribution in [-0.2, 0) is 22.6 Å². The maximum atomic E-state index is 5.55. The van der Waals surface area contributed by atoms with E-state index in [4.69, 9.17) is 9.47 Å². The smallest absolute Gasteiger partial charge is 0.108 e. The van der Waals surface area contributed by atoms with Gasteiger partial charge in [0.2, 0.25) is 0 Å². The van der Waals surface area contributed by atoms with Gasteiger partial charge in [0.25, 0.3) is 0 Å². The lowest BCUT2D eigenvalue weighted by Gasteiger charge is -2.07. The van der Waals surface area contributed by atoms with Gasteiger partial charge in [-0.15, -0.1) is 5.10 Å². The molecule has 0 N–H and O–H groups in total. The molecule has 0 aliphatic rings. The summed E-state index contributed by atoms with van der Waals surface area (Å²) < 4.78 is 12.3. The van der Waals surface area contributed by atoms with Crippen molar-refractivity contribution < 1.29 is 9.47 Å². The van der Waals surface area contributed by atoms with E-state index in [0.717, 1.165) is 18.7 Å². The molecular formula is C10H19N3O2. The van der Waals surface area contributed by atoms with Gasteiger partial charge in [0, 0.05) is 7.11 Å². The molecule has 0 radical (unpaired) electrons. The predicted octanol–water partition coefficient (Wildman–Crippen LogP) is 1.24. The van der Waals surface area contributed by atoms with Gasteiger partial charge < -0.3 is 9.47 Å². The van der Waals surface area contributed by atoms with E-state index in [0.29, 0.717) is 13.2 Å². The van der Waals surface area contributed by atoms with Gasteiger partial charge in [-0.1, -0.05) is 12.1 Å². The van der Waals surface area contributed by atoms with Crippen LogP contribution in [-0.4, -0.2) is 34.8 Å². The van der Waals surface area contributed by atoms with Crippen LogP contribution in [0.4, 0.5) is 0 Å². The van der Waals surface area contributed by atoms with Gasteiger partial charge in [-0.25, -0.2) is 4.68 Å². The van der Waals surface area contributed by atoms with E-state index < -0.39 is 0 Å². The highest BCUT2D eigenvalue weighted by molar-refractivity contribution is 4.89. The highest BCUT2D eigenvalue weighted by Crippen LogP contribution is 2.02. The van der Waals surface area contributed by atoms with Gasteiger partial charge in [-0.05, 0) is 13.3 Å². The third-order valence-electron chi connectivity index (χ3n) is 2.20. The molecule has 1 atom stereocenters. The average molecular weight is 213 g/mol. The number of aromatic nitrogens is 3. The quantitative estimate of drug-likeness (QED) is 0.683. The summed E-state index contributed by atoms with van der Waals surface area (Å²) in [7, 11) is 1.67. The first kappa shape index (κ1) is 12.1. The van der Waals surface area contributed by atoms with Crippen LogP contribution in [0.5, 0.6) is 0 Å². The standard InChI is InChI=1S/C10H19N3O2/c1-4-9(2)15-8-10-7-13(12-11-10)5-6-14-3/h7,9H,4-6,8H2,1-3H3/t9-/m0/s1. The highest BCUT2D eigenvalue weighted by Gasteiger charge is 2.03. The van der Waals surface area contributed by atoms with Crippen LogP contribution in [0.15, 0.2) is 6.20 Å². The molecule has 1 rings (SSSR count). The minimum absolute atomic E-state index is 0.272. The fourth-order valence-electron chi connectivity index (χ4n) is 1.04. The van der Waals surface area contributed by atoms with E-state index in [-0.39, 0.29) is 6.10 Å². The second-order valence-corrected chi connectivity index (χ2v) is 3.50. The molecule has 0 fully saturated rings. The molecule has 1 aromatic rings. The molecule has 0 aromatic carbocycles. The number of rotatable bonds is 7. The zero-order chi connectivity index (χ0) is 11.1. The van der Waals surface area contributed by atoms with Gasteiger partial charge in [-0.3, -0.25) is 0 Å². The maximum Gasteiger partial charge on any atom is 0.108 e. The summed E-state index contributed by atoms with van der Waals surface area (Å²) in [4.78, 5) is 0. The lowest BCUT2D eigenvalue weighted by molar-refractivity contribution is 0.0488. The molecule has 0 aliphatic carbocycles. The van der Waals surface area contributed by atoms with Gasteiger partial charge in [0.15, 0.2) is 0 Å². The number of methoxy groups -OCH3 is 1. The number of ether oxygens (including phenoxy) is 2. The van der Waals surface area contributed by atoms with Crippen LogP contribution in [0.3, 0.4) is 0 Å². The summed E-state index contributed by atoms with van der Waals surface area (Å²) in [6, 6.07) is 0.